The SMILES string of the molecule is COCCN(/N=C/c1snc(C)c1Br)C(N)=S. The Balaban J connectivity index is 2.72. The first kappa shape index (κ1) is 14.5. The highest BCUT2D eigenvalue weighted by Crippen LogP contribution is 2.22. The van der Waals surface area contributed by atoms with Crippen molar-refractivity contribution in [1.82, 2.24) is 9.38 Å². The third-order valence-corrected chi connectivity index (χ3v) is 4.24. The maximum absolute atomic E-state index is 5.55. The summed E-state index contributed by atoms with van der Waals surface area (Å²) < 4.78 is 10.1. The number of hydrazone groups is 1. The lowest BCUT2D eigenvalue weighted by atomic mass is 10.4. The van der Waals surface area contributed by atoms with Gasteiger partial charge in [0.1, 0.15) is 0 Å². The highest BCUT2D eigenvalue weighted by molar-refractivity contribution is 9.10. The van der Waals surface area contributed by atoms with E-state index in [4.69, 9.17) is 22.7 Å². The Labute approximate surface area is 118 Å². The van der Waals surface area contributed by atoms with E-state index in [0.717, 1.165) is 15.0 Å². The fourth-order valence-corrected chi connectivity index (χ4v) is 2.29. The number of rotatable bonds is 5. The van der Waals surface area contributed by atoms with Crippen molar-refractivity contribution in [3.05, 3.63) is 15.0 Å². The maximum Gasteiger partial charge on any atom is 0.187 e. The van der Waals surface area contributed by atoms with Crippen molar-refractivity contribution in [2.45, 2.75) is 6.92 Å². The maximum atomic E-state index is 5.55. The molecule has 5 nitrogen and oxygen atoms in total. The molecule has 17 heavy (non-hydrogen) atoms. The van der Waals surface area contributed by atoms with Gasteiger partial charge >= 0.3 is 0 Å². The molecule has 2 N–H and O–H groups in total. The lowest BCUT2D eigenvalue weighted by Crippen LogP contribution is -2.33. The van der Waals surface area contributed by atoms with Crippen LogP contribution in [-0.4, -0.2) is 41.0 Å². The third kappa shape index (κ3) is 4.30. The van der Waals surface area contributed by atoms with Gasteiger partial charge in [-0.05, 0) is 46.6 Å². The molecule has 0 bridgehead atoms. The molecule has 0 fully saturated rings. The van der Waals surface area contributed by atoms with Crippen molar-refractivity contribution in [1.29, 1.82) is 0 Å². The van der Waals surface area contributed by atoms with Gasteiger partial charge in [-0.3, -0.25) is 0 Å². The van der Waals surface area contributed by atoms with Crippen LogP contribution in [0.3, 0.4) is 0 Å². The van der Waals surface area contributed by atoms with Gasteiger partial charge in [-0.15, -0.1) is 0 Å². The van der Waals surface area contributed by atoms with E-state index in [9.17, 15) is 0 Å². The van der Waals surface area contributed by atoms with Gasteiger partial charge in [0.2, 0.25) is 0 Å². The van der Waals surface area contributed by atoms with Crippen molar-refractivity contribution >= 4 is 51.0 Å². The van der Waals surface area contributed by atoms with Crippen LogP contribution in [0.25, 0.3) is 0 Å². The fourth-order valence-electron chi connectivity index (χ4n) is 0.981. The first-order valence-corrected chi connectivity index (χ1v) is 6.75. The van der Waals surface area contributed by atoms with Gasteiger partial charge < -0.3 is 10.5 Å². The van der Waals surface area contributed by atoms with Gasteiger partial charge in [0.15, 0.2) is 5.11 Å². The van der Waals surface area contributed by atoms with Crippen LogP contribution in [-0.2, 0) is 4.74 Å². The Kier molecular flexibility index (Phi) is 5.96. The van der Waals surface area contributed by atoms with Gasteiger partial charge in [-0.1, -0.05) is 0 Å². The number of nitrogens with two attached hydrogens (primary N) is 1. The van der Waals surface area contributed by atoms with Crippen LogP contribution in [0.4, 0.5) is 0 Å². The molecule has 0 amide bonds. The van der Waals surface area contributed by atoms with Crippen molar-refractivity contribution < 1.29 is 4.74 Å². The van der Waals surface area contributed by atoms with Crippen LogP contribution < -0.4 is 5.73 Å². The highest BCUT2D eigenvalue weighted by Gasteiger charge is 2.07. The minimum absolute atomic E-state index is 0.218. The zero-order valence-electron chi connectivity index (χ0n) is 9.51. The summed E-state index contributed by atoms with van der Waals surface area (Å²) in [5.74, 6) is 0. The number of aryl methyl sites for hydroxylation is 1. The molecule has 0 unspecified atom stereocenters. The molecule has 1 aromatic rings. The van der Waals surface area contributed by atoms with Crippen LogP contribution in [0.5, 0.6) is 0 Å². The van der Waals surface area contributed by atoms with Crippen molar-refractivity contribution in [2.75, 3.05) is 20.3 Å². The summed E-state index contributed by atoms with van der Waals surface area (Å²) >= 11 is 9.70. The molecule has 1 heterocycles. The lowest BCUT2D eigenvalue weighted by molar-refractivity contribution is 0.178. The quantitative estimate of drug-likeness (QED) is 0.504. The summed E-state index contributed by atoms with van der Waals surface area (Å²) in [5, 5.41) is 5.94. The molecule has 0 aliphatic heterocycles. The molecule has 0 atom stereocenters. The van der Waals surface area contributed by atoms with E-state index >= 15 is 0 Å². The largest absolute Gasteiger partial charge is 0.383 e. The number of hydrogen-bond donors (Lipinski definition) is 1. The molecule has 0 spiro atoms. The number of ether oxygens (including phenoxy) is 1. The van der Waals surface area contributed by atoms with E-state index in [2.05, 4.69) is 25.4 Å². The van der Waals surface area contributed by atoms with E-state index < -0.39 is 0 Å². The number of hydrogen-bond acceptors (Lipinski definition) is 5. The Hall–Kier alpha value is -0.570. The number of halogens is 1. The Bertz CT molecular complexity index is 421. The first-order chi connectivity index (χ1) is 8.06. The fraction of sp³-hybridized carbons (Fsp3) is 0.444. The molecule has 94 valence electrons. The van der Waals surface area contributed by atoms with E-state index in [-0.39, 0.29) is 5.11 Å². The molecule has 0 aliphatic carbocycles. The predicted molar refractivity (Wildman–Crippen MR) is 77.5 cm³/mol. The summed E-state index contributed by atoms with van der Waals surface area (Å²) in [6, 6.07) is 0. The van der Waals surface area contributed by atoms with Crippen molar-refractivity contribution in [3.63, 3.8) is 0 Å². The van der Waals surface area contributed by atoms with Crippen molar-refractivity contribution in [3.8, 4) is 0 Å². The predicted octanol–water partition coefficient (Wildman–Crippen LogP) is 1.74. The minimum atomic E-state index is 0.218. The summed E-state index contributed by atoms with van der Waals surface area (Å²) in [5.41, 5.74) is 6.49. The number of aromatic nitrogens is 1. The van der Waals surface area contributed by atoms with Crippen molar-refractivity contribution in [2.24, 2.45) is 10.8 Å². The molecular weight excluding hydrogens is 324 g/mol. The van der Waals surface area contributed by atoms with Gasteiger partial charge in [0.25, 0.3) is 0 Å². The number of nitrogens with zero attached hydrogens (tertiary/aromatic N) is 3. The lowest BCUT2D eigenvalue weighted by Gasteiger charge is -2.15. The van der Waals surface area contributed by atoms with Crippen LogP contribution in [0, 0.1) is 6.92 Å². The zero-order chi connectivity index (χ0) is 12.8. The van der Waals surface area contributed by atoms with Crippen LogP contribution in [0.15, 0.2) is 9.57 Å². The number of thiocarbonyl (C=S) groups is 1. The van der Waals surface area contributed by atoms with Crippen LogP contribution in [0.2, 0.25) is 0 Å². The molecule has 0 aliphatic rings. The second-order valence-corrected chi connectivity index (χ2v) is 5.16. The molecule has 1 aromatic heterocycles. The molecule has 8 heteroatoms. The molecular formula is C9H13BrN4OS2. The topological polar surface area (TPSA) is 63.7 Å². The Morgan fingerprint density at radius 1 is 1.76 bits per heavy atom. The summed E-state index contributed by atoms with van der Waals surface area (Å²) in [7, 11) is 1.62. The average molecular weight is 337 g/mol. The van der Waals surface area contributed by atoms with E-state index in [1.807, 2.05) is 6.92 Å². The van der Waals surface area contributed by atoms with Gasteiger partial charge in [0, 0.05) is 7.11 Å². The monoisotopic (exact) mass is 336 g/mol. The smallest absolute Gasteiger partial charge is 0.187 e. The van der Waals surface area contributed by atoms with Gasteiger partial charge in [-0.2, -0.15) is 9.47 Å². The summed E-state index contributed by atoms with van der Waals surface area (Å²) in [4.78, 5) is 0.932. The minimum Gasteiger partial charge on any atom is -0.383 e. The first-order valence-electron chi connectivity index (χ1n) is 4.78. The second-order valence-electron chi connectivity index (χ2n) is 3.14. The summed E-state index contributed by atoms with van der Waals surface area (Å²) in [6.07, 6.45) is 1.68. The van der Waals surface area contributed by atoms with Crippen LogP contribution in [0.1, 0.15) is 10.6 Å². The molecule has 0 saturated heterocycles. The summed E-state index contributed by atoms with van der Waals surface area (Å²) in [6.45, 7) is 2.96. The number of methoxy groups -OCH3 is 1. The molecule has 1 rings (SSSR count). The third-order valence-electron chi connectivity index (χ3n) is 1.89. The van der Waals surface area contributed by atoms with E-state index in [1.54, 1.807) is 13.3 Å². The normalized spacial score (nSPS) is 11.0. The average Bonchev–Trinajstić information content (AvgIpc) is 2.60. The van der Waals surface area contributed by atoms with E-state index in [1.165, 1.54) is 16.5 Å². The standard InChI is InChI=1S/C9H13BrN4OS2/c1-6-8(10)7(17-13-6)5-12-14(9(11)16)3-4-15-2/h5H,3-4H2,1-2H3,(H2,11,16)/b12-5+. The molecule has 0 aromatic carbocycles. The van der Waals surface area contributed by atoms with Gasteiger partial charge in [-0.25, -0.2) is 5.01 Å². The van der Waals surface area contributed by atoms with Crippen LogP contribution >= 0.6 is 39.7 Å². The Morgan fingerprint density at radius 3 is 2.94 bits per heavy atom. The second kappa shape index (κ2) is 7.00. The van der Waals surface area contributed by atoms with E-state index in [0.29, 0.717) is 13.2 Å². The molecule has 0 saturated carbocycles. The zero-order valence-corrected chi connectivity index (χ0v) is 12.7. The van der Waals surface area contributed by atoms with Gasteiger partial charge in [0.05, 0.1) is 34.4 Å². The Morgan fingerprint density at radius 2 is 2.47 bits per heavy atom. The highest BCUT2D eigenvalue weighted by atomic mass is 79.9. The molecule has 0 radical (unpaired) electrons.